The summed E-state index contributed by atoms with van der Waals surface area (Å²) in [6.07, 6.45) is 4.24. The molecule has 1 aliphatic carbocycles. The van der Waals surface area contributed by atoms with Gasteiger partial charge in [0.05, 0.1) is 20.7 Å². The molecule has 0 saturated heterocycles. The zero-order valence-corrected chi connectivity index (χ0v) is 14.8. The summed E-state index contributed by atoms with van der Waals surface area (Å²) in [6.45, 7) is 9.05. The van der Waals surface area contributed by atoms with Crippen molar-refractivity contribution in [1.82, 2.24) is 0 Å². The van der Waals surface area contributed by atoms with Gasteiger partial charge in [0.1, 0.15) is 0 Å². The minimum atomic E-state index is -4.26. The van der Waals surface area contributed by atoms with Gasteiger partial charge >= 0.3 is 6.18 Å². The van der Waals surface area contributed by atoms with E-state index in [0.717, 1.165) is 11.3 Å². The lowest BCUT2D eigenvalue weighted by Crippen LogP contribution is -2.64. The van der Waals surface area contributed by atoms with Crippen molar-refractivity contribution in [1.29, 1.82) is 0 Å². The molecule has 1 aromatic carbocycles. The highest BCUT2D eigenvalue weighted by Gasteiger charge is 2.46. The van der Waals surface area contributed by atoms with Gasteiger partial charge in [-0.05, 0) is 5.54 Å². The van der Waals surface area contributed by atoms with Gasteiger partial charge in [-0.1, -0.05) is 79.9 Å². The minimum Gasteiger partial charge on any atom is -0.166 e. The zero-order valence-electron chi connectivity index (χ0n) is 12.8. The first-order chi connectivity index (χ1) is 9.57. The van der Waals surface area contributed by atoms with E-state index in [4.69, 9.17) is 0 Å². The Morgan fingerprint density at radius 3 is 2.05 bits per heavy atom. The van der Waals surface area contributed by atoms with E-state index >= 15 is 0 Å². The van der Waals surface area contributed by atoms with Crippen LogP contribution in [-0.2, 0) is 6.18 Å². The molecule has 0 unspecified atom stereocenters. The summed E-state index contributed by atoms with van der Waals surface area (Å²) in [5.74, 6) is 0. The van der Waals surface area contributed by atoms with Crippen molar-refractivity contribution in [2.45, 2.75) is 37.9 Å². The van der Waals surface area contributed by atoms with Gasteiger partial charge < -0.3 is 0 Å². The highest BCUT2D eigenvalue weighted by atomic mass is 29.3. The van der Waals surface area contributed by atoms with Crippen molar-refractivity contribution < 1.29 is 13.2 Å². The number of hydrogen-bond donors (Lipinski definition) is 0. The highest BCUT2D eigenvalue weighted by Crippen LogP contribution is 2.36. The number of hydrogen-bond acceptors (Lipinski definition) is 0. The maximum absolute atomic E-state index is 13.0. The molecule has 0 spiro atoms. The van der Waals surface area contributed by atoms with Crippen molar-refractivity contribution in [2.24, 2.45) is 0 Å². The van der Waals surface area contributed by atoms with E-state index in [-0.39, 0.29) is 0 Å². The molecular weight excluding hydrogens is 305 g/mol. The molecule has 1 aliphatic rings. The number of alkyl halides is 3. The Kier molecular flexibility index (Phi) is 4.10. The molecule has 0 bridgehead atoms. The second-order valence-corrected chi connectivity index (χ2v) is 22.3. The fraction of sp³-hybridized carbons (Fsp3) is 0.375. The van der Waals surface area contributed by atoms with E-state index in [0.29, 0.717) is 5.54 Å². The van der Waals surface area contributed by atoms with Gasteiger partial charge in [0.15, 0.2) is 0 Å². The van der Waals surface area contributed by atoms with Crippen LogP contribution >= 0.6 is 0 Å². The molecule has 0 fully saturated rings. The van der Waals surface area contributed by atoms with E-state index < -0.39 is 26.9 Å². The zero-order chi connectivity index (χ0) is 15.9. The van der Waals surface area contributed by atoms with Crippen LogP contribution in [0.3, 0.4) is 0 Å². The first-order valence-corrected chi connectivity index (χ1v) is 14.2. The van der Waals surface area contributed by atoms with Crippen molar-refractivity contribution in [3.63, 3.8) is 0 Å². The normalized spacial score (nSPS) is 16.7. The minimum absolute atomic E-state index is 0.425. The predicted octanol–water partition coefficient (Wildman–Crippen LogP) is 4.90. The Morgan fingerprint density at radius 1 is 0.952 bits per heavy atom. The SMILES string of the molecule is C[Si](C)(c1cccc(C(F)(F)F)c1)[Si](C)(C)C1C=CC=C1. The molecular formula is C16H21F3Si2. The molecule has 5 heteroatoms. The fourth-order valence-corrected chi connectivity index (χ4v) is 12.4. The van der Waals surface area contributed by atoms with Crippen LogP contribution in [0.2, 0.25) is 31.7 Å². The Hall–Kier alpha value is -1.08. The van der Waals surface area contributed by atoms with E-state index in [1.54, 1.807) is 6.07 Å². The molecule has 114 valence electrons. The van der Waals surface area contributed by atoms with Crippen LogP contribution in [-0.4, -0.2) is 15.2 Å². The molecule has 0 amide bonds. The second-order valence-electron chi connectivity index (χ2n) is 6.72. The Bertz CT molecular complexity index is 571. The molecule has 0 radical (unpaired) electrons. The summed E-state index contributed by atoms with van der Waals surface area (Å²) in [7, 11) is -3.67. The Balaban J connectivity index is 2.44. The lowest BCUT2D eigenvalue weighted by atomic mass is 10.2. The molecule has 2 rings (SSSR count). The van der Waals surface area contributed by atoms with Crippen LogP contribution in [0.1, 0.15) is 5.56 Å². The van der Waals surface area contributed by atoms with Crippen LogP contribution in [0, 0.1) is 0 Å². The quantitative estimate of drug-likeness (QED) is 0.693. The van der Waals surface area contributed by atoms with Crippen molar-refractivity contribution in [3.05, 3.63) is 54.1 Å². The molecule has 0 heterocycles. The number of rotatable bonds is 3. The lowest BCUT2D eigenvalue weighted by Gasteiger charge is -2.42. The number of halogens is 3. The third kappa shape index (κ3) is 2.94. The molecule has 0 nitrogen and oxygen atoms in total. The predicted molar refractivity (Wildman–Crippen MR) is 88.1 cm³/mol. The van der Waals surface area contributed by atoms with Crippen molar-refractivity contribution in [3.8, 4) is 0 Å². The van der Waals surface area contributed by atoms with Crippen molar-refractivity contribution >= 4 is 20.4 Å². The summed E-state index contributed by atoms with van der Waals surface area (Å²) in [6, 6.07) is 5.98. The van der Waals surface area contributed by atoms with Gasteiger partial charge in [-0.25, -0.2) is 0 Å². The molecule has 0 saturated carbocycles. The lowest BCUT2D eigenvalue weighted by molar-refractivity contribution is -0.137. The topological polar surface area (TPSA) is 0 Å². The second kappa shape index (κ2) is 5.28. The Morgan fingerprint density at radius 2 is 1.52 bits per heavy atom. The van der Waals surface area contributed by atoms with E-state index in [1.165, 1.54) is 6.07 Å². The van der Waals surface area contributed by atoms with Gasteiger partial charge in [0.25, 0.3) is 0 Å². The molecule has 21 heavy (non-hydrogen) atoms. The molecule has 0 N–H and O–H groups in total. The highest BCUT2D eigenvalue weighted by molar-refractivity contribution is 7.46. The van der Waals surface area contributed by atoms with Gasteiger partial charge in [-0.2, -0.15) is 13.2 Å². The van der Waals surface area contributed by atoms with Gasteiger partial charge in [0, 0.05) is 0 Å². The van der Waals surface area contributed by atoms with E-state index in [2.05, 4.69) is 50.5 Å². The smallest absolute Gasteiger partial charge is 0.166 e. The number of benzene rings is 1. The van der Waals surface area contributed by atoms with Crippen LogP contribution in [0.25, 0.3) is 0 Å². The molecule has 0 atom stereocenters. The summed E-state index contributed by atoms with van der Waals surface area (Å²) in [5.41, 5.74) is -0.100. The largest absolute Gasteiger partial charge is 0.416 e. The first kappa shape index (κ1) is 16.3. The van der Waals surface area contributed by atoms with Gasteiger partial charge in [-0.3, -0.25) is 0 Å². The Labute approximate surface area is 126 Å². The van der Waals surface area contributed by atoms with Crippen LogP contribution in [0.15, 0.2) is 48.6 Å². The monoisotopic (exact) mass is 326 g/mol. The summed E-state index contributed by atoms with van der Waals surface area (Å²) in [4.78, 5) is 0. The molecule has 0 aliphatic heterocycles. The maximum Gasteiger partial charge on any atom is 0.416 e. The van der Waals surface area contributed by atoms with E-state index in [1.807, 2.05) is 6.07 Å². The van der Waals surface area contributed by atoms with Crippen molar-refractivity contribution in [2.75, 3.05) is 0 Å². The average Bonchev–Trinajstić information content (AvgIpc) is 2.92. The van der Waals surface area contributed by atoms with Crippen LogP contribution in [0.4, 0.5) is 13.2 Å². The maximum atomic E-state index is 13.0. The summed E-state index contributed by atoms with van der Waals surface area (Å²) < 4.78 is 38.9. The summed E-state index contributed by atoms with van der Waals surface area (Å²) >= 11 is 0. The summed E-state index contributed by atoms with van der Waals surface area (Å²) in [5, 5.41) is 0.919. The average molecular weight is 327 g/mol. The van der Waals surface area contributed by atoms with E-state index in [9.17, 15) is 13.2 Å². The standard InChI is InChI=1S/C16H21F3Si2/c1-20(2,14-9-5-6-10-14)21(3,4)15-11-7-8-13(12-15)16(17,18)19/h5-12,14H,1-4H3. The van der Waals surface area contributed by atoms with Gasteiger partial charge in [0.2, 0.25) is 0 Å². The third-order valence-electron chi connectivity index (χ3n) is 5.10. The van der Waals surface area contributed by atoms with Crippen LogP contribution in [0.5, 0.6) is 0 Å². The van der Waals surface area contributed by atoms with Gasteiger partial charge in [-0.15, -0.1) is 0 Å². The molecule has 0 aromatic heterocycles. The molecule has 1 aromatic rings. The van der Waals surface area contributed by atoms with Crippen LogP contribution < -0.4 is 5.19 Å². The first-order valence-electron chi connectivity index (χ1n) is 7.09. The third-order valence-corrected chi connectivity index (χ3v) is 23.7. The number of allylic oxidation sites excluding steroid dienone is 4. The fourth-order valence-electron chi connectivity index (χ4n) is 2.79.